The number of aromatic nitrogens is 2. The molecule has 0 spiro atoms. The van der Waals surface area contributed by atoms with E-state index < -0.39 is 0 Å². The fourth-order valence-electron chi connectivity index (χ4n) is 2.03. The SMILES string of the molecule is CCCCN(C)C(=O)c1cnc2ccc(C)cn2c1=O. The molecule has 2 heterocycles. The van der Waals surface area contributed by atoms with Gasteiger partial charge in [-0.05, 0) is 25.0 Å². The van der Waals surface area contributed by atoms with Crippen molar-refractivity contribution in [2.24, 2.45) is 0 Å². The maximum atomic E-state index is 12.4. The van der Waals surface area contributed by atoms with Crippen LogP contribution in [0.5, 0.6) is 0 Å². The molecule has 0 aliphatic heterocycles. The highest BCUT2D eigenvalue weighted by atomic mass is 16.2. The summed E-state index contributed by atoms with van der Waals surface area (Å²) in [7, 11) is 1.71. The summed E-state index contributed by atoms with van der Waals surface area (Å²) in [6, 6.07) is 3.66. The number of carbonyl (C=O) groups is 1. The molecule has 20 heavy (non-hydrogen) atoms. The third kappa shape index (κ3) is 2.71. The molecule has 0 saturated carbocycles. The van der Waals surface area contributed by atoms with Crippen molar-refractivity contribution in [2.75, 3.05) is 13.6 Å². The zero-order valence-corrected chi connectivity index (χ0v) is 12.1. The molecule has 5 nitrogen and oxygen atoms in total. The lowest BCUT2D eigenvalue weighted by Gasteiger charge is -2.16. The summed E-state index contributed by atoms with van der Waals surface area (Å²) in [4.78, 5) is 30.4. The maximum absolute atomic E-state index is 12.4. The largest absolute Gasteiger partial charge is 0.341 e. The number of pyridine rings is 1. The van der Waals surface area contributed by atoms with Crippen LogP contribution in [-0.2, 0) is 0 Å². The van der Waals surface area contributed by atoms with Gasteiger partial charge in [-0.3, -0.25) is 14.0 Å². The van der Waals surface area contributed by atoms with E-state index in [-0.39, 0.29) is 17.0 Å². The van der Waals surface area contributed by atoms with Crippen molar-refractivity contribution in [3.63, 3.8) is 0 Å². The molecule has 0 bridgehead atoms. The molecule has 5 heteroatoms. The summed E-state index contributed by atoms with van der Waals surface area (Å²) >= 11 is 0. The summed E-state index contributed by atoms with van der Waals surface area (Å²) in [6.45, 7) is 4.60. The van der Waals surface area contributed by atoms with Crippen LogP contribution >= 0.6 is 0 Å². The molecule has 0 aliphatic rings. The maximum Gasteiger partial charge on any atom is 0.270 e. The van der Waals surface area contributed by atoms with Gasteiger partial charge in [0.15, 0.2) is 0 Å². The van der Waals surface area contributed by atoms with E-state index in [9.17, 15) is 9.59 Å². The Kier molecular flexibility index (Phi) is 4.17. The van der Waals surface area contributed by atoms with Gasteiger partial charge in [0.05, 0.1) is 0 Å². The summed E-state index contributed by atoms with van der Waals surface area (Å²) < 4.78 is 1.43. The van der Waals surface area contributed by atoms with Crippen molar-refractivity contribution >= 4 is 11.6 Å². The van der Waals surface area contributed by atoms with Crippen LogP contribution < -0.4 is 5.56 Å². The lowest BCUT2D eigenvalue weighted by molar-refractivity contribution is 0.0791. The third-order valence-electron chi connectivity index (χ3n) is 3.27. The van der Waals surface area contributed by atoms with Gasteiger partial charge in [-0.25, -0.2) is 4.98 Å². The second kappa shape index (κ2) is 5.86. The predicted molar refractivity (Wildman–Crippen MR) is 78.1 cm³/mol. The summed E-state index contributed by atoms with van der Waals surface area (Å²) in [5.41, 5.74) is 1.30. The van der Waals surface area contributed by atoms with Crippen molar-refractivity contribution in [1.29, 1.82) is 0 Å². The van der Waals surface area contributed by atoms with Gasteiger partial charge in [0.2, 0.25) is 0 Å². The van der Waals surface area contributed by atoms with Gasteiger partial charge < -0.3 is 4.90 Å². The van der Waals surface area contributed by atoms with Crippen molar-refractivity contribution in [3.8, 4) is 0 Å². The molecule has 0 aliphatic carbocycles. The highest BCUT2D eigenvalue weighted by Crippen LogP contribution is 2.04. The molecule has 2 rings (SSSR count). The highest BCUT2D eigenvalue weighted by molar-refractivity contribution is 5.93. The number of fused-ring (bicyclic) bond motifs is 1. The van der Waals surface area contributed by atoms with E-state index in [4.69, 9.17) is 0 Å². The summed E-state index contributed by atoms with van der Waals surface area (Å²) in [6.07, 6.45) is 5.00. The first-order chi connectivity index (χ1) is 9.54. The molecule has 0 saturated heterocycles. The Bertz CT molecular complexity index is 691. The first-order valence-corrected chi connectivity index (χ1v) is 6.78. The molecule has 0 N–H and O–H groups in total. The summed E-state index contributed by atoms with van der Waals surface area (Å²) in [5.74, 6) is -0.271. The average molecular weight is 273 g/mol. The Morgan fingerprint density at radius 3 is 2.85 bits per heavy atom. The lowest BCUT2D eigenvalue weighted by atomic mass is 10.2. The molecule has 2 aromatic rings. The molecule has 106 valence electrons. The number of carbonyl (C=O) groups excluding carboxylic acids is 1. The Balaban J connectivity index is 2.42. The average Bonchev–Trinajstić information content (AvgIpc) is 2.45. The monoisotopic (exact) mass is 273 g/mol. The standard InChI is InChI=1S/C15H19N3O2/c1-4-5-8-17(3)14(19)12-9-16-13-7-6-11(2)10-18(13)15(12)20/h6-7,9-10H,4-5,8H2,1-3H3. The van der Waals surface area contributed by atoms with E-state index in [0.29, 0.717) is 12.2 Å². The van der Waals surface area contributed by atoms with Crippen molar-refractivity contribution < 1.29 is 4.79 Å². The third-order valence-corrected chi connectivity index (χ3v) is 3.27. The van der Waals surface area contributed by atoms with E-state index in [1.807, 2.05) is 13.0 Å². The minimum atomic E-state index is -0.313. The lowest BCUT2D eigenvalue weighted by Crippen LogP contribution is -2.33. The normalized spacial score (nSPS) is 10.8. The Hall–Kier alpha value is -2.17. The Morgan fingerprint density at radius 1 is 1.40 bits per heavy atom. The van der Waals surface area contributed by atoms with Crippen molar-refractivity contribution in [3.05, 3.63) is 46.0 Å². The first kappa shape index (κ1) is 14.2. The number of hydrogen-bond donors (Lipinski definition) is 0. The van der Waals surface area contributed by atoms with Gasteiger partial charge in [0.25, 0.3) is 11.5 Å². The van der Waals surface area contributed by atoms with Gasteiger partial charge in [-0.1, -0.05) is 19.4 Å². The van der Waals surface area contributed by atoms with Crippen LogP contribution in [0.2, 0.25) is 0 Å². The molecule has 1 amide bonds. The van der Waals surface area contributed by atoms with Crippen LogP contribution in [0, 0.1) is 6.92 Å². The van der Waals surface area contributed by atoms with Gasteiger partial charge in [0.1, 0.15) is 11.2 Å². The molecule has 0 aromatic carbocycles. The smallest absolute Gasteiger partial charge is 0.270 e. The number of aryl methyl sites for hydroxylation is 1. The summed E-state index contributed by atoms with van der Waals surface area (Å²) in [5, 5.41) is 0. The Labute approximate surface area is 117 Å². The van der Waals surface area contributed by atoms with Crippen LogP contribution in [0.1, 0.15) is 35.7 Å². The van der Waals surface area contributed by atoms with E-state index in [2.05, 4.69) is 11.9 Å². The zero-order valence-electron chi connectivity index (χ0n) is 12.1. The Morgan fingerprint density at radius 2 is 2.15 bits per heavy atom. The van der Waals surface area contributed by atoms with Crippen LogP contribution in [0.25, 0.3) is 5.65 Å². The number of amides is 1. The fourth-order valence-corrected chi connectivity index (χ4v) is 2.03. The van der Waals surface area contributed by atoms with E-state index >= 15 is 0 Å². The van der Waals surface area contributed by atoms with Crippen LogP contribution in [0.15, 0.2) is 29.3 Å². The van der Waals surface area contributed by atoms with Crippen molar-refractivity contribution in [1.82, 2.24) is 14.3 Å². The molecule has 2 aromatic heterocycles. The zero-order chi connectivity index (χ0) is 14.7. The minimum Gasteiger partial charge on any atom is -0.341 e. The van der Waals surface area contributed by atoms with Crippen molar-refractivity contribution in [2.45, 2.75) is 26.7 Å². The first-order valence-electron chi connectivity index (χ1n) is 6.78. The van der Waals surface area contributed by atoms with Gasteiger partial charge in [-0.15, -0.1) is 0 Å². The predicted octanol–water partition coefficient (Wildman–Crippen LogP) is 1.88. The van der Waals surface area contributed by atoms with Crippen LogP contribution in [0.3, 0.4) is 0 Å². The topological polar surface area (TPSA) is 54.7 Å². The van der Waals surface area contributed by atoms with Gasteiger partial charge in [-0.2, -0.15) is 0 Å². The van der Waals surface area contributed by atoms with Crippen LogP contribution in [-0.4, -0.2) is 33.8 Å². The number of hydrogen-bond acceptors (Lipinski definition) is 3. The van der Waals surface area contributed by atoms with Gasteiger partial charge >= 0.3 is 0 Å². The fraction of sp³-hybridized carbons (Fsp3) is 0.400. The second-order valence-corrected chi connectivity index (χ2v) is 4.99. The molecular weight excluding hydrogens is 254 g/mol. The number of nitrogens with zero attached hydrogens (tertiary/aromatic N) is 3. The van der Waals surface area contributed by atoms with E-state index in [1.54, 1.807) is 24.2 Å². The molecule has 0 fully saturated rings. The van der Waals surface area contributed by atoms with E-state index in [0.717, 1.165) is 18.4 Å². The quantitative estimate of drug-likeness (QED) is 0.854. The number of rotatable bonds is 4. The second-order valence-electron chi connectivity index (χ2n) is 4.99. The highest BCUT2D eigenvalue weighted by Gasteiger charge is 2.16. The molecule has 0 unspecified atom stereocenters. The van der Waals surface area contributed by atoms with Crippen LogP contribution in [0.4, 0.5) is 0 Å². The minimum absolute atomic E-state index is 0.117. The molecule has 0 radical (unpaired) electrons. The van der Waals surface area contributed by atoms with E-state index in [1.165, 1.54) is 10.6 Å². The molecule has 0 atom stereocenters. The number of unbranched alkanes of at least 4 members (excludes halogenated alkanes) is 1. The molecular formula is C15H19N3O2. The van der Waals surface area contributed by atoms with Gasteiger partial charge in [0, 0.05) is 26.0 Å².